The average Bonchev–Trinajstić information content (AvgIpc) is 3.45. The minimum Gasteiger partial charge on any atom is -1.00 e. The predicted octanol–water partition coefficient (Wildman–Crippen LogP) is 0.688. The Morgan fingerprint density at radius 3 is 2.31 bits per heavy atom. The van der Waals surface area contributed by atoms with Crippen LogP contribution >= 0.6 is 0 Å². The van der Waals surface area contributed by atoms with Gasteiger partial charge in [0.1, 0.15) is 24.7 Å². The summed E-state index contributed by atoms with van der Waals surface area (Å²) in [5.74, 6) is -1.08. The van der Waals surface area contributed by atoms with Crippen molar-refractivity contribution in [1.82, 2.24) is 9.63 Å². The number of aryl methyl sites for hydroxylation is 1. The maximum atomic E-state index is 12.1. The van der Waals surface area contributed by atoms with Crippen molar-refractivity contribution in [3.63, 3.8) is 0 Å². The summed E-state index contributed by atoms with van der Waals surface area (Å²) < 4.78 is 10.2. The summed E-state index contributed by atoms with van der Waals surface area (Å²) in [6.07, 6.45) is 10.8. The average molecular weight is 556 g/mol. The summed E-state index contributed by atoms with van der Waals surface area (Å²) in [4.78, 5) is 40.2. The zero-order valence-electron chi connectivity index (χ0n) is 20.1. The van der Waals surface area contributed by atoms with Crippen LogP contribution < -0.4 is 26.3 Å². The van der Waals surface area contributed by atoms with Crippen LogP contribution in [0.25, 0.3) is 0 Å². The molecule has 1 aliphatic rings. The quantitative estimate of drug-likeness (QED) is 0.186. The molecule has 0 aliphatic carbocycles. The van der Waals surface area contributed by atoms with E-state index in [1.54, 1.807) is 24.3 Å². The summed E-state index contributed by atoms with van der Waals surface area (Å²) in [6, 6.07) is 16.9. The van der Waals surface area contributed by atoms with Gasteiger partial charge in [-0.15, -0.1) is 5.06 Å². The lowest BCUT2D eigenvalue weighted by molar-refractivity contribution is -0.696. The number of hydroxylamine groups is 2. The van der Waals surface area contributed by atoms with E-state index in [0.29, 0.717) is 17.4 Å². The number of aromatic nitrogens is 2. The number of ether oxygens (including phenoxy) is 1. The molecule has 2 heterocycles. The molecule has 8 nitrogen and oxygen atoms in total. The Morgan fingerprint density at radius 1 is 0.889 bits per heavy atom. The van der Waals surface area contributed by atoms with E-state index in [4.69, 9.17) is 9.57 Å². The Kier molecular flexibility index (Phi) is 10.2. The molecule has 0 radical (unpaired) electrons. The van der Waals surface area contributed by atoms with E-state index in [0.717, 1.165) is 38.8 Å². The number of hydrogen-bond acceptors (Lipinski definition) is 5. The molecule has 1 fully saturated rings. The van der Waals surface area contributed by atoms with Gasteiger partial charge in [-0.05, 0) is 55.5 Å². The minimum absolute atomic E-state index is 0. The number of halogens is 1. The van der Waals surface area contributed by atoms with E-state index in [9.17, 15) is 14.4 Å². The SMILES string of the molecule is O=C(ON1C(=O)CCC1=O)c1ccc(OCCCCCC[n+]2ccn(Cc3ccccc3)c2)cc1.[Br-]. The number of carbonyl (C=O) groups is 3. The van der Waals surface area contributed by atoms with Crippen molar-refractivity contribution in [2.24, 2.45) is 0 Å². The maximum Gasteiger partial charge on any atom is 0.363 e. The molecule has 0 atom stereocenters. The van der Waals surface area contributed by atoms with E-state index in [1.807, 2.05) is 6.07 Å². The third-order valence-electron chi connectivity index (χ3n) is 5.80. The molecular weight excluding hydrogens is 526 g/mol. The van der Waals surface area contributed by atoms with Crippen molar-refractivity contribution >= 4 is 17.8 Å². The van der Waals surface area contributed by atoms with Gasteiger partial charge in [0.15, 0.2) is 0 Å². The van der Waals surface area contributed by atoms with Gasteiger partial charge in [0.25, 0.3) is 11.8 Å². The van der Waals surface area contributed by atoms with Crippen LogP contribution in [-0.2, 0) is 27.5 Å². The molecule has 1 aliphatic heterocycles. The van der Waals surface area contributed by atoms with E-state index in [2.05, 4.69) is 52.1 Å². The van der Waals surface area contributed by atoms with Crippen molar-refractivity contribution in [2.75, 3.05) is 6.61 Å². The standard InChI is InChI=1S/C27H30N3O5.BrH/c31-25-14-15-26(32)30(25)35-27(33)23-10-12-24(13-11-23)34-19-7-2-1-6-16-28-17-18-29(21-28)20-22-8-4-3-5-9-22;/h3-5,8-13,17-18,21H,1-2,6-7,14-16,19-20H2;1H/q+1;/p-1. The lowest BCUT2D eigenvalue weighted by Gasteiger charge is -2.12. The highest BCUT2D eigenvalue weighted by Gasteiger charge is 2.33. The Morgan fingerprint density at radius 2 is 1.58 bits per heavy atom. The number of unbranched alkanes of at least 4 members (excludes halogenated alkanes) is 3. The molecule has 4 rings (SSSR count). The fourth-order valence-corrected chi connectivity index (χ4v) is 3.88. The smallest absolute Gasteiger partial charge is 0.363 e. The second kappa shape index (κ2) is 13.6. The predicted molar refractivity (Wildman–Crippen MR) is 127 cm³/mol. The van der Waals surface area contributed by atoms with Crippen LogP contribution in [0, 0.1) is 0 Å². The first kappa shape index (κ1) is 27.1. The molecule has 0 unspecified atom stereocenters. The molecule has 1 saturated heterocycles. The van der Waals surface area contributed by atoms with Gasteiger partial charge < -0.3 is 26.6 Å². The monoisotopic (exact) mass is 555 g/mol. The molecule has 0 bridgehead atoms. The number of carbonyl (C=O) groups excluding carboxylic acids is 3. The first-order chi connectivity index (χ1) is 17.1. The van der Waals surface area contributed by atoms with Crippen molar-refractivity contribution in [3.05, 3.63) is 84.4 Å². The van der Waals surface area contributed by atoms with Crippen LogP contribution in [0.3, 0.4) is 0 Å². The van der Waals surface area contributed by atoms with Crippen LogP contribution in [0.1, 0.15) is 54.4 Å². The van der Waals surface area contributed by atoms with Crippen molar-refractivity contribution in [2.45, 2.75) is 51.6 Å². The molecule has 190 valence electrons. The molecule has 9 heteroatoms. The summed E-state index contributed by atoms with van der Waals surface area (Å²) >= 11 is 0. The highest BCUT2D eigenvalue weighted by atomic mass is 79.9. The number of amides is 2. The van der Waals surface area contributed by atoms with Gasteiger partial charge in [-0.1, -0.05) is 30.3 Å². The summed E-state index contributed by atoms with van der Waals surface area (Å²) in [7, 11) is 0. The Balaban J connectivity index is 0.00000361. The third-order valence-corrected chi connectivity index (χ3v) is 5.80. The number of benzene rings is 2. The van der Waals surface area contributed by atoms with Crippen LogP contribution in [0.15, 0.2) is 73.3 Å². The summed E-state index contributed by atoms with van der Waals surface area (Å²) in [5.41, 5.74) is 1.54. The number of nitrogens with zero attached hydrogens (tertiary/aromatic N) is 3. The Labute approximate surface area is 221 Å². The fraction of sp³-hybridized carbons (Fsp3) is 0.333. The van der Waals surface area contributed by atoms with Crippen LogP contribution in [0.2, 0.25) is 0 Å². The first-order valence-electron chi connectivity index (χ1n) is 12.0. The Bertz CT molecular complexity index is 1130. The zero-order chi connectivity index (χ0) is 24.5. The Hall–Kier alpha value is -3.46. The van der Waals surface area contributed by atoms with Crippen LogP contribution in [0.4, 0.5) is 0 Å². The second-order valence-corrected chi connectivity index (χ2v) is 8.56. The summed E-state index contributed by atoms with van der Waals surface area (Å²) in [5, 5.41) is 0.547. The van der Waals surface area contributed by atoms with Gasteiger partial charge in [-0.25, -0.2) is 13.9 Å². The van der Waals surface area contributed by atoms with Crippen LogP contribution in [0.5, 0.6) is 5.75 Å². The van der Waals surface area contributed by atoms with E-state index < -0.39 is 17.8 Å². The largest absolute Gasteiger partial charge is 1.00 e. The molecule has 2 amide bonds. The van der Waals surface area contributed by atoms with Crippen molar-refractivity contribution in [1.29, 1.82) is 0 Å². The number of imidazole rings is 1. The highest BCUT2D eigenvalue weighted by molar-refractivity contribution is 6.02. The van der Waals surface area contributed by atoms with E-state index in [-0.39, 0.29) is 35.4 Å². The number of rotatable bonds is 12. The first-order valence-corrected chi connectivity index (χ1v) is 12.0. The molecule has 2 aromatic carbocycles. The lowest BCUT2D eigenvalue weighted by atomic mass is 10.2. The highest BCUT2D eigenvalue weighted by Crippen LogP contribution is 2.17. The van der Waals surface area contributed by atoms with Crippen molar-refractivity contribution < 1.29 is 45.5 Å². The molecule has 0 N–H and O–H groups in total. The summed E-state index contributed by atoms with van der Waals surface area (Å²) in [6.45, 7) is 2.47. The van der Waals surface area contributed by atoms with E-state index >= 15 is 0 Å². The van der Waals surface area contributed by atoms with Gasteiger partial charge in [0, 0.05) is 12.8 Å². The molecule has 36 heavy (non-hydrogen) atoms. The fourth-order valence-electron chi connectivity index (χ4n) is 3.88. The minimum atomic E-state index is -0.742. The number of imide groups is 1. The maximum absolute atomic E-state index is 12.1. The number of hydrogen-bond donors (Lipinski definition) is 0. The zero-order valence-corrected chi connectivity index (χ0v) is 21.6. The molecule has 3 aromatic rings. The van der Waals surface area contributed by atoms with Gasteiger partial charge in [-0.2, -0.15) is 0 Å². The van der Waals surface area contributed by atoms with Crippen LogP contribution in [-0.4, -0.2) is 34.0 Å². The van der Waals surface area contributed by atoms with Crippen molar-refractivity contribution in [3.8, 4) is 5.75 Å². The van der Waals surface area contributed by atoms with Gasteiger partial charge in [0.05, 0.1) is 18.7 Å². The lowest BCUT2D eigenvalue weighted by Crippen LogP contribution is -3.00. The molecular formula is C27H30BrN3O5. The molecule has 0 spiro atoms. The van der Waals surface area contributed by atoms with Gasteiger partial charge in [0.2, 0.25) is 6.33 Å². The van der Waals surface area contributed by atoms with Gasteiger partial charge >= 0.3 is 5.97 Å². The van der Waals surface area contributed by atoms with E-state index in [1.165, 1.54) is 5.56 Å². The third kappa shape index (κ3) is 7.78. The van der Waals surface area contributed by atoms with Gasteiger partial charge in [-0.3, -0.25) is 9.59 Å². The topological polar surface area (TPSA) is 81.7 Å². The molecule has 0 saturated carbocycles. The normalized spacial score (nSPS) is 12.9. The molecule has 1 aromatic heterocycles. The second-order valence-electron chi connectivity index (χ2n) is 8.56.